The van der Waals surface area contributed by atoms with Gasteiger partial charge < -0.3 is 9.51 Å². The lowest BCUT2D eigenvalue weighted by molar-refractivity contribution is 0.0693. The molecule has 2 aromatic rings. The summed E-state index contributed by atoms with van der Waals surface area (Å²) in [5, 5.41) is 9.05. The largest absolute Gasteiger partial charge is 0.476 e. The number of pyridine rings is 1. The Morgan fingerprint density at radius 3 is 2.88 bits per heavy atom. The number of fused-ring (bicyclic) bond motifs is 1. The zero-order valence-electron chi connectivity index (χ0n) is 9.34. The number of rotatable bonds is 3. The summed E-state index contributed by atoms with van der Waals surface area (Å²) < 4.78 is 1.85. The second-order valence-electron chi connectivity index (χ2n) is 4.24. The molecule has 4 heteroatoms. The van der Waals surface area contributed by atoms with Gasteiger partial charge in [0.1, 0.15) is 5.82 Å². The van der Waals surface area contributed by atoms with Gasteiger partial charge >= 0.3 is 5.97 Å². The van der Waals surface area contributed by atoms with Gasteiger partial charge in [-0.25, -0.2) is 9.78 Å². The Kier molecular flexibility index (Phi) is 2.64. The minimum absolute atomic E-state index is 0.135. The first-order chi connectivity index (χ1) is 7.59. The molecule has 0 aliphatic rings. The smallest absolute Gasteiger partial charge is 0.356 e. The van der Waals surface area contributed by atoms with E-state index in [1.54, 1.807) is 6.07 Å². The molecule has 2 heterocycles. The third kappa shape index (κ3) is 1.78. The lowest BCUT2D eigenvalue weighted by Gasteiger charge is -2.02. The summed E-state index contributed by atoms with van der Waals surface area (Å²) in [6.07, 6.45) is 2.63. The normalized spacial score (nSPS) is 11.2. The fourth-order valence-corrected chi connectivity index (χ4v) is 1.77. The van der Waals surface area contributed by atoms with Gasteiger partial charge in [-0.3, -0.25) is 0 Å². The van der Waals surface area contributed by atoms with Crippen molar-refractivity contribution in [3.05, 3.63) is 35.9 Å². The number of imidazole rings is 1. The quantitative estimate of drug-likeness (QED) is 0.859. The van der Waals surface area contributed by atoms with Crippen LogP contribution >= 0.6 is 0 Å². The highest BCUT2D eigenvalue weighted by Crippen LogP contribution is 2.15. The number of carbonyl (C=O) groups is 1. The average molecular weight is 218 g/mol. The molecule has 2 aromatic heterocycles. The lowest BCUT2D eigenvalue weighted by atomic mass is 10.1. The number of carboxylic acids is 1. The molecule has 0 saturated carbocycles. The number of aromatic carboxylic acids is 1. The van der Waals surface area contributed by atoms with Crippen LogP contribution in [0.2, 0.25) is 0 Å². The summed E-state index contributed by atoms with van der Waals surface area (Å²) in [6.45, 7) is 4.18. The first-order valence-corrected chi connectivity index (χ1v) is 5.29. The minimum atomic E-state index is -0.973. The first-order valence-electron chi connectivity index (χ1n) is 5.29. The van der Waals surface area contributed by atoms with Crippen LogP contribution in [0.3, 0.4) is 0 Å². The molecule has 16 heavy (non-hydrogen) atoms. The molecule has 0 saturated heterocycles. The SMILES string of the molecule is CC(C)Cc1nc(C(=O)O)c2ccccn12. The van der Waals surface area contributed by atoms with Gasteiger partial charge in [-0.1, -0.05) is 19.9 Å². The van der Waals surface area contributed by atoms with E-state index in [0.717, 1.165) is 12.2 Å². The van der Waals surface area contributed by atoms with E-state index in [2.05, 4.69) is 18.8 Å². The second-order valence-corrected chi connectivity index (χ2v) is 4.24. The molecule has 0 spiro atoms. The van der Waals surface area contributed by atoms with E-state index in [4.69, 9.17) is 5.11 Å². The summed E-state index contributed by atoms with van der Waals surface area (Å²) in [6, 6.07) is 5.48. The van der Waals surface area contributed by atoms with Gasteiger partial charge in [0.25, 0.3) is 0 Å². The third-order valence-electron chi connectivity index (χ3n) is 2.41. The highest BCUT2D eigenvalue weighted by molar-refractivity contribution is 5.93. The zero-order chi connectivity index (χ0) is 11.7. The molecule has 4 nitrogen and oxygen atoms in total. The van der Waals surface area contributed by atoms with E-state index in [-0.39, 0.29) is 5.69 Å². The van der Waals surface area contributed by atoms with Gasteiger partial charge in [0.15, 0.2) is 5.69 Å². The van der Waals surface area contributed by atoms with Crippen molar-refractivity contribution >= 4 is 11.5 Å². The topological polar surface area (TPSA) is 54.6 Å². The molecule has 84 valence electrons. The molecular formula is C12H14N2O2. The lowest BCUT2D eigenvalue weighted by Crippen LogP contribution is -2.00. The fourth-order valence-electron chi connectivity index (χ4n) is 1.77. The standard InChI is InChI=1S/C12H14N2O2/c1-8(2)7-10-13-11(12(15)16)9-5-3-4-6-14(9)10/h3-6,8H,7H2,1-2H3,(H,15,16). The summed E-state index contributed by atoms with van der Waals surface area (Å²) >= 11 is 0. The van der Waals surface area contributed by atoms with E-state index in [0.29, 0.717) is 11.4 Å². The third-order valence-corrected chi connectivity index (χ3v) is 2.41. The number of aromatic nitrogens is 2. The molecule has 0 amide bonds. The zero-order valence-corrected chi connectivity index (χ0v) is 9.34. The van der Waals surface area contributed by atoms with Crippen molar-refractivity contribution in [3.8, 4) is 0 Å². The number of carboxylic acid groups (broad SMARTS) is 1. The second kappa shape index (κ2) is 3.96. The van der Waals surface area contributed by atoms with Crippen LogP contribution in [0, 0.1) is 5.92 Å². The Bertz CT molecular complexity index is 529. The Balaban J connectivity index is 2.62. The summed E-state index contributed by atoms with van der Waals surface area (Å²) in [5.41, 5.74) is 0.793. The number of nitrogens with zero attached hydrogens (tertiary/aromatic N) is 2. The molecule has 0 aliphatic heterocycles. The Morgan fingerprint density at radius 2 is 2.25 bits per heavy atom. The summed E-state index contributed by atoms with van der Waals surface area (Å²) in [4.78, 5) is 15.2. The minimum Gasteiger partial charge on any atom is -0.476 e. The fraction of sp³-hybridized carbons (Fsp3) is 0.333. The molecule has 0 aromatic carbocycles. The van der Waals surface area contributed by atoms with Gasteiger partial charge in [-0.15, -0.1) is 0 Å². The van der Waals surface area contributed by atoms with Crippen molar-refractivity contribution in [1.29, 1.82) is 0 Å². The van der Waals surface area contributed by atoms with E-state index >= 15 is 0 Å². The van der Waals surface area contributed by atoms with Gasteiger partial charge in [0.2, 0.25) is 0 Å². The van der Waals surface area contributed by atoms with E-state index in [1.807, 2.05) is 22.7 Å². The maximum absolute atomic E-state index is 11.0. The van der Waals surface area contributed by atoms with Crippen LogP contribution in [0.5, 0.6) is 0 Å². The highest BCUT2D eigenvalue weighted by atomic mass is 16.4. The molecule has 0 aliphatic carbocycles. The van der Waals surface area contributed by atoms with Crippen LogP contribution in [0.25, 0.3) is 5.52 Å². The van der Waals surface area contributed by atoms with Crippen molar-refractivity contribution < 1.29 is 9.90 Å². The van der Waals surface area contributed by atoms with Crippen LogP contribution in [0.4, 0.5) is 0 Å². The van der Waals surface area contributed by atoms with E-state index < -0.39 is 5.97 Å². The van der Waals surface area contributed by atoms with E-state index in [1.165, 1.54) is 0 Å². The van der Waals surface area contributed by atoms with Crippen molar-refractivity contribution in [3.63, 3.8) is 0 Å². The monoisotopic (exact) mass is 218 g/mol. The molecule has 0 radical (unpaired) electrons. The average Bonchev–Trinajstić information content (AvgIpc) is 2.57. The van der Waals surface area contributed by atoms with Crippen molar-refractivity contribution in [2.24, 2.45) is 5.92 Å². The van der Waals surface area contributed by atoms with Crippen LogP contribution in [0.1, 0.15) is 30.2 Å². The van der Waals surface area contributed by atoms with Gasteiger partial charge in [-0.05, 0) is 18.1 Å². The highest BCUT2D eigenvalue weighted by Gasteiger charge is 2.16. The van der Waals surface area contributed by atoms with Crippen LogP contribution < -0.4 is 0 Å². The van der Waals surface area contributed by atoms with Crippen molar-refractivity contribution in [2.75, 3.05) is 0 Å². The first kappa shape index (κ1) is 10.7. The summed E-state index contributed by atoms with van der Waals surface area (Å²) in [5.74, 6) is 0.286. The Hall–Kier alpha value is -1.84. The van der Waals surface area contributed by atoms with E-state index in [9.17, 15) is 4.79 Å². The molecule has 2 rings (SSSR count). The molecular weight excluding hydrogens is 204 g/mol. The molecule has 0 bridgehead atoms. The Labute approximate surface area is 93.5 Å². The van der Waals surface area contributed by atoms with Crippen molar-refractivity contribution in [1.82, 2.24) is 9.38 Å². The molecule has 0 unspecified atom stereocenters. The summed E-state index contributed by atoms with van der Waals surface area (Å²) in [7, 11) is 0. The van der Waals surface area contributed by atoms with Crippen LogP contribution in [-0.4, -0.2) is 20.5 Å². The van der Waals surface area contributed by atoms with Crippen LogP contribution in [0.15, 0.2) is 24.4 Å². The maximum atomic E-state index is 11.0. The van der Waals surface area contributed by atoms with Gasteiger partial charge in [0.05, 0.1) is 5.52 Å². The van der Waals surface area contributed by atoms with Gasteiger partial charge in [0, 0.05) is 12.6 Å². The maximum Gasteiger partial charge on any atom is 0.356 e. The molecule has 1 N–H and O–H groups in total. The predicted octanol–water partition coefficient (Wildman–Crippen LogP) is 2.23. The number of hydrogen-bond donors (Lipinski definition) is 1. The van der Waals surface area contributed by atoms with Crippen LogP contribution in [-0.2, 0) is 6.42 Å². The van der Waals surface area contributed by atoms with Gasteiger partial charge in [-0.2, -0.15) is 0 Å². The predicted molar refractivity (Wildman–Crippen MR) is 60.7 cm³/mol. The molecule has 0 atom stereocenters. The number of hydrogen-bond acceptors (Lipinski definition) is 2. The Morgan fingerprint density at radius 1 is 1.50 bits per heavy atom. The van der Waals surface area contributed by atoms with Crippen molar-refractivity contribution in [2.45, 2.75) is 20.3 Å². The molecule has 0 fully saturated rings.